The van der Waals surface area contributed by atoms with Crippen molar-refractivity contribution in [3.8, 4) is 0 Å². The Bertz CT molecular complexity index is 600. The predicted molar refractivity (Wildman–Crippen MR) is 90.4 cm³/mol. The molecule has 0 bridgehead atoms. The van der Waals surface area contributed by atoms with Crippen LogP contribution in [0.15, 0.2) is 24.3 Å². The Morgan fingerprint density at radius 3 is 2.22 bits per heavy atom. The number of ether oxygens (including phenoxy) is 1. The van der Waals surface area contributed by atoms with E-state index in [9.17, 15) is 9.59 Å². The second-order valence-corrected chi connectivity index (χ2v) is 7.69. The van der Waals surface area contributed by atoms with Crippen LogP contribution in [-0.2, 0) is 27.3 Å². The molecule has 4 nitrogen and oxygen atoms in total. The van der Waals surface area contributed by atoms with Crippen molar-refractivity contribution < 1.29 is 14.3 Å². The van der Waals surface area contributed by atoms with Crippen LogP contribution < -0.4 is 0 Å². The van der Waals surface area contributed by atoms with E-state index in [1.807, 2.05) is 24.3 Å². The van der Waals surface area contributed by atoms with Gasteiger partial charge in [-0.1, -0.05) is 31.2 Å². The number of amides is 1. The van der Waals surface area contributed by atoms with E-state index in [0.717, 1.165) is 12.0 Å². The van der Waals surface area contributed by atoms with Crippen molar-refractivity contribution >= 4 is 35.1 Å². The maximum Gasteiger partial charge on any atom is 0.315 e. The van der Waals surface area contributed by atoms with E-state index >= 15 is 0 Å². The normalized spacial score (nSPS) is 21.6. The molecule has 1 amide bonds. The summed E-state index contributed by atoms with van der Waals surface area (Å²) in [4.78, 5) is 25.5. The van der Waals surface area contributed by atoms with Gasteiger partial charge >= 0.3 is 5.97 Å². The third-order valence-corrected chi connectivity index (χ3v) is 5.41. The molecule has 0 aliphatic heterocycles. The Morgan fingerprint density at radius 1 is 1.22 bits per heavy atom. The Balaban J connectivity index is 1.82. The van der Waals surface area contributed by atoms with Crippen LogP contribution in [0, 0.1) is 5.41 Å². The smallest absolute Gasteiger partial charge is 0.315 e. The summed E-state index contributed by atoms with van der Waals surface area (Å²) >= 11 is 11.8. The zero-order chi connectivity index (χ0) is 17.3. The van der Waals surface area contributed by atoms with Crippen LogP contribution in [0.5, 0.6) is 0 Å². The highest BCUT2D eigenvalue weighted by atomic mass is 35.5. The lowest BCUT2D eigenvalue weighted by atomic mass is 10.1. The number of esters is 1. The molecule has 1 fully saturated rings. The number of halogens is 2. The maximum absolute atomic E-state index is 12.1. The molecular weight excluding hydrogens is 337 g/mol. The Labute approximate surface area is 146 Å². The van der Waals surface area contributed by atoms with E-state index in [-0.39, 0.29) is 12.5 Å². The van der Waals surface area contributed by atoms with Crippen molar-refractivity contribution in [1.29, 1.82) is 0 Å². The quantitative estimate of drug-likeness (QED) is 0.579. The van der Waals surface area contributed by atoms with Crippen molar-refractivity contribution in [2.45, 2.75) is 37.6 Å². The van der Waals surface area contributed by atoms with Gasteiger partial charge in [0.15, 0.2) is 6.61 Å². The van der Waals surface area contributed by atoms with Gasteiger partial charge in [-0.15, -0.1) is 23.2 Å². The first kappa shape index (κ1) is 18.1. The molecule has 1 unspecified atom stereocenters. The van der Waals surface area contributed by atoms with Crippen molar-refractivity contribution in [1.82, 2.24) is 4.90 Å². The van der Waals surface area contributed by atoms with Crippen LogP contribution >= 0.6 is 23.2 Å². The largest absolute Gasteiger partial charge is 0.455 e. The average molecular weight is 358 g/mol. The molecule has 1 aromatic rings. The van der Waals surface area contributed by atoms with Gasteiger partial charge in [-0.25, -0.2) is 0 Å². The fourth-order valence-electron chi connectivity index (χ4n) is 2.26. The summed E-state index contributed by atoms with van der Waals surface area (Å²) in [6.07, 6.45) is 1.32. The average Bonchev–Trinajstić information content (AvgIpc) is 3.04. The molecule has 1 aliphatic carbocycles. The number of benzene rings is 1. The van der Waals surface area contributed by atoms with Gasteiger partial charge in [-0.2, -0.15) is 0 Å². The van der Waals surface area contributed by atoms with Gasteiger partial charge in [-0.3, -0.25) is 9.59 Å². The molecule has 0 spiro atoms. The second-order valence-electron chi connectivity index (χ2n) is 6.21. The molecule has 6 heteroatoms. The second kappa shape index (κ2) is 6.70. The number of carbonyl (C=O) groups excluding carboxylic acids is 2. The predicted octanol–water partition coefficient (Wildman–Crippen LogP) is 3.33. The number of hydrogen-bond donors (Lipinski definition) is 0. The van der Waals surface area contributed by atoms with Crippen LogP contribution in [0.25, 0.3) is 0 Å². The van der Waals surface area contributed by atoms with E-state index in [1.54, 1.807) is 14.0 Å². The molecule has 1 atom stereocenters. The molecule has 0 radical (unpaired) electrons. The topological polar surface area (TPSA) is 46.6 Å². The molecular formula is C17H21Cl2NO3. The fraction of sp³-hybridized carbons (Fsp3) is 0.529. The molecule has 126 valence electrons. The van der Waals surface area contributed by atoms with Crippen LogP contribution in [-0.4, -0.2) is 34.8 Å². The summed E-state index contributed by atoms with van der Waals surface area (Å²) in [5, 5.41) is 0. The summed E-state index contributed by atoms with van der Waals surface area (Å²) in [7, 11) is 1.68. The number of hydrogen-bond acceptors (Lipinski definition) is 3. The first-order valence-corrected chi connectivity index (χ1v) is 8.32. The van der Waals surface area contributed by atoms with Crippen LogP contribution in [0.2, 0.25) is 0 Å². The number of likely N-dealkylation sites (N-methyl/N-ethyl adjacent to an activating group) is 1. The Kier molecular flexibility index (Phi) is 5.27. The van der Waals surface area contributed by atoms with Crippen molar-refractivity contribution in [2.75, 3.05) is 13.7 Å². The van der Waals surface area contributed by atoms with Crippen LogP contribution in [0.4, 0.5) is 0 Å². The monoisotopic (exact) mass is 357 g/mol. The van der Waals surface area contributed by atoms with Crippen molar-refractivity contribution in [3.63, 3.8) is 0 Å². The lowest BCUT2D eigenvalue weighted by molar-refractivity contribution is -0.156. The zero-order valence-electron chi connectivity index (χ0n) is 13.6. The van der Waals surface area contributed by atoms with E-state index in [1.165, 1.54) is 10.5 Å². The summed E-state index contributed by atoms with van der Waals surface area (Å²) in [5.74, 6) is -0.798. The zero-order valence-corrected chi connectivity index (χ0v) is 15.1. The lowest BCUT2D eigenvalue weighted by Gasteiger charge is -2.18. The van der Waals surface area contributed by atoms with E-state index in [2.05, 4.69) is 6.92 Å². The molecule has 0 heterocycles. The minimum atomic E-state index is -1.08. The number of nitrogens with zero attached hydrogens (tertiary/aromatic N) is 1. The van der Waals surface area contributed by atoms with Gasteiger partial charge < -0.3 is 9.64 Å². The molecule has 1 aromatic carbocycles. The van der Waals surface area contributed by atoms with Gasteiger partial charge in [0.2, 0.25) is 0 Å². The van der Waals surface area contributed by atoms with E-state index in [4.69, 9.17) is 27.9 Å². The molecule has 0 N–H and O–H groups in total. The molecule has 0 saturated heterocycles. The minimum absolute atomic E-state index is 0.267. The minimum Gasteiger partial charge on any atom is -0.455 e. The van der Waals surface area contributed by atoms with E-state index in [0.29, 0.717) is 13.0 Å². The van der Waals surface area contributed by atoms with Crippen molar-refractivity contribution in [3.05, 3.63) is 35.4 Å². The molecule has 1 saturated carbocycles. The van der Waals surface area contributed by atoms with Crippen molar-refractivity contribution in [2.24, 2.45) is 5.41 Å². The first-order valence-electron chi connectivity index (χ1n) is 7.56. The molecule has 1 aliphatic rings. The number of carbonyl (C=O) groups is 2. The van der Waals surface area contributed by atoms with Gasteiger partial charge in [0.05, 0.1) is 0 Å². The number of rotatable bonds is 6. The van der Waals surface area contributed by atoms with Crippen LogP contribution in [0.1, 0.15) is 31.4 Å². The molecule has 0 aromatic heterocycles. The lowest BCUT2D eigenvalue weighted by Crippen LogP contribution is -2.32. The third kappa shape index (κ3) is 3.99. The maximum atomic E-state index is 12.1. The highest BCUT2D eigenvalue weighted by molar-refractivity contribution is 6.53. The summed E-state index contributed by atoms with van der Waals surface area (Å²) < 4.78 is 3.98. The standard InChI is InChI=1S/C17H21Cl2NO3/c1-4-12-5-7-13(8-6-12)9-20(3)14(21)10-23-15(22)16(2)11-17(16,18)19/h5-8H,4,9-11H2,1-3H3. The van der Waals surface area contributed by atoms with Crippen LogP contribution in [0.3, 0.4) is 0 Å². The molecule has 2 rings (SSSR count). The van der Waals surface area contributed by atoms with Gasteiger partial charge in [0, 0.05) is 20.0 Å². The fourth-order valence-corrected chi connectivity index (χ4v) is 2.95. The SMILES string of the molecule is CCc1ccc(CN(C)C(=O)COC(=O)C2(C)CC2(Cl)Cl)cc1. The Morgan fingerprint density at radius 2 is 1.74 bits per heavy atom. The van der Waals surface area contributed by atoms with Gasteiger partial charge in [0.1, 0.15) is 9.75 Å². The third-order valence-electron chi connectivity index (χ3n) is 4.31. The van der Waals surface area contributed by atoms with Gasteiger partial charge in [0.25, 0.3) is 5.91 Å². The molecule has 23 heavy (non-hydrogen) atoms. The summed E-state index contributed by atoms with van der Waals surface area (Å²) in [5.41, 5.74) is 1.37. The summed E-state index contributed by atoms with van der Waals surface area (Å²) in [6, 6.07) is 8.08. The Hall–Kier alpha value is -1.26. The summed E-state index contributed by atoms with van der Waals surface area (Å²) in [6.45, 7) is 3.89. The number of alkyl halides is 2. The highest BCUT2D eigenvalue weighted by Gasteiger charge is 2.69. The highest BCUT2D eigenvalue weighted by Crippen LogP contribution is 2.64. The van der Waals surface area contributed by atoms with Gasteiger partial charge in [-0.05, 0) is 24.5 Å². The number of aryl methyl sites for hydroxylation is 1. The van der Waals surface area contributed by atoms with E-state index < -0.39 is 15.7 Å². The first-order chi connectivity index (χ1) is 10.7.